The smallest absolute Gasteiger partial charge is 0.142 e. The molecule has 1 aromatic rings. The molecular weight excluding hydrogens is 234 g/mol. The van der Waals surface area contributed by atoms with E-state index in [1.807, 2.05) is 6.07 Å². The van der Waals surface area contributed by atoms with Crippen LogP contribution in [-0.4, -0.2) is 5.38 Å². The van der Waals surface area contributed by atoms with Crippen molar-refractivity contribution in [3.63, 3.8) is 0 Å². The number of rotatable bonds is 2. The van der Waals surface area contributed by atoms with E-state index in [9.17, 15) is 4.39 Å². The summed E-state index contributed by atoms with van der Waals surface area (Å²) in [5.74, 6) is -0.352. The zero-order valence-electron chi connectivity index (χ0n) is 8.14. The van der Waals surface area contributed by atoms with E-state index < -0.39 is 0 Å². The molecule has 0 fully saturated rings. The van der Waals surface area contributed by atoms with Crippen LogP contribution in [0.5, 0.6) is 0 Å². The maximum absolute atomic E-state index is 13.2. The fourth-order valence-corrected chi connectivity index (χ4v) is 2.21. The van der Waals surface area contributed by atoms with E-state index in [4.69, 9.17) is 23.2 Å². The number of allylic oxidation sites excluding steroid dienone is 2. The molecule has 3 heteroatoms. The van der Waals surface area contributed by atoms with Crippen molar-refractivity contribution in [2.24, 2.45) is 0 Å². The van der Waals surface area contributed by atoms with Crippen molar-refractivity contribution in [3.8, 4) is 0 Å². The van der Waals surface area contributed by atoms with Gasteiger partial charge in [-0.15, -0.1) is 11.6 Å². The third-order valence-corrected chi connectivity index (χ3v) is 3.22. The standard InChI is InChI=1S/C12H11Cl2F/c13-10-3-1-8(6-10)5-9-2-4-11(14)12(15)7-9/h2,4,6-7,10H,1,3,5H2. The molecule has 0 aromatic heterocycles. The van der Waals surface area contributed by atoms with Crippen LogP contribution < -0.4 is 0 Å². The molecule has 0 radical (unpaired) electrons. The van der Waals surface area contributed by atoms with Crippen LogP contribution in [0, 0.1) is 5.82 Å². The number of alkyl halides is 1. The quantitative estimate of drug-likeness (QED) is 0.536. The average Bonchev–Trinajstić information content (AvgIpc) is 2.58. The molecule has 1 atom stereocenters. The van der Waals surface area contributed by atoms with Crippen LogP contribution in [0.1, 0.15) is 18.4 Å². The molecule has 1 aliphatic carbocycles. The minimum Gasteiger partial charge on any atom is -0.205 e. The van der Waals surface area contributed by atoms with Gasteiger partial charge in [0.05, 0.1) is 10.4 Å². The Bertz CT molecular complexity index is 399. The monoisotopic (exact) mass is 244 g/mol. The lowest BCUT2D eigenvalue weighted by Gasteiger charge is -2.03. The van der Waals surface area contributed by atoms with Gasteiger partial charge in [-0.1, -0.05) is 29.3 Å². The van der Waals surface area contributed by atoms with Crippen LogP contribution >= 0.6 is 23.2 Å². The molecule has 15 heavy (non-hydrogen) atoms. The van der Waals surface area contributed by atoms with E-state index in [-0.39, 0.29) is 16.2 Å². The Morgan fingerprint density at radius 3 is 2.80 bits per heavy atom. The second kappa shape index (κ2) is 4.54. The van der Waals surface area contributed by atoms with Gasteiger partial charge in [-0.05, 0) is 37.0 Å². The molecule has 0 aliphatic heterocycles. The summed E-state index contributed by atoms with van der Waals surface area (Å²) >= 11 is 11.6. The third kappa shape index (κ3) is 2.73. The van der Waals surface area contributed by atoms with Gasteiger partial charge in [-0.2, -0.15) is 0 Å². The second-order valence-corrected chi connectivity index (χ2v) is 4.77. The highest BCUT2D eigenvalue weighted by Gasteiger charge is 2.13. The lowest BCUT2D eigenvalue weighted by atomic mass is 10.0. The lowest BCUT2D eigenvalue weighted by molar-refractivity contribution is 0.626. The highest BCUT2D eigenvalue weighted by Crippen LogP contribution is 2.26. The van der Waals surface area contributed by atoms with Crippen LogP contribution in [0.15, 0.2) is 29.8 Å². The molecule has 1 unspecified atom stereocenters. The minimum absolute atomic E-state index is 0.150. The van der Waals surface area contributed by atoms with Gasteiger partial charge in [0, 0.05) is 0 Å². The third-order valence-electron chi connectivity index (χ3n) is 2.57. The van der Waals surface area contributed by atoms with Gasteiger partial charge in [-0.25, -0.2) is 4.39 Å². The van der Waals surface area contributed by atoms with Crippen molar-refractivity contribution in [1.82, 2.24) is 0 Å². The molecule has 1 aliphatic rings. The summed E-state index contributed by atoms with van der Waals surface area (Å²) in [5, 5.41) is 0.325. The van der Waals surface area contributed by atoms with Crippen molar-refractivity contribution >= 4 is 23.2 Å². The van der Waals surface area contributed by atoms with Gasteiger partial charge in [0.15, 0.2) is 0 Å². The molecule has 0 spiro atoms. The summed E-state index contributed by atoms with van der Waals surface area (Å²) in [6.45, 7) is 0. The highest BCUT2D eigenvalue weighted by molar-refractivity contribution is 6.30. The molecule has 0 bridgehead atoms. The largest absolute Gasteiger partial charge is 0.205 e. The molecule has 1 aromatic carbocycles. The Labute approximate surface area is 98.7 Å². The Kier molecular flexibility index (Phi) is 3.32. The first-order chi connectivity index (χ1) is 7.15. The Hall–Kier alpha value is -0.530. The van der Waals surface area contributed by atoms with E-state index in [0.717, 1.165) is 24.8 Å². The van der Waals surface area contributed by atoms with E-state index >= 15 is 0 Å². The zero-order chi connectivity index (χ0) is 10.8. The van der Waals surface area contributed by atoms with Crippen LogP contribution in [0.25, 0.3) is 0 Å². The first kappa shape index (κ1) is 11.0. The van der Waals surface area contributed by atoms with Crippen molar-refractivity contribution in [3.05, 3.63) is 46.3 Å². The van der Waals surface area contributed by atoms with E-state index in [2.05, 4.69) is 6.08 Å². The molecule has 0 amide bonds. The second-order valence-electron chi connectivity index (χ2n) is 3.80. The predicted molar refractivity (Wildman–Crippen MR) is 62.1 cm³/mol. The summed E-state index contributed by atoms with van der Waals surface area (Å²) < 4.78 is 13.2. The number of halogens is 3. The van der Waals surface area contributed by atoms with E-state index in [0.29, 0.717) is 0 Å². The van der Waals surface area contributed by atoms with E-state index in [1.54, 1.807) is 6.07 Å². The summed E-state index contributed by atoms with van der Waals surface area (Å²) in [4.78, 5) is 0. The van der Waals surface area contributed by atoms with Crippen molar-refractivity contribution in [2.45, 2.75) is 24.6 Å². The predicted octanol–water partition coefficient (Wildman–Crippen LogP) is 4.35. The number of hydrogen-bond acceptors (Lipinski definition) is 0. The zero-order valence-corrected chi connectivity index (χ0v) is 9.65. The van der Waals surface area contributed by atoms with Crippen molar-refractivity contribution in [2.75, 3.05) is 0 Å². The summed E-state index contributed by atoms with van der Waals surface area (Å²) in [6.07, 6.45) is 4.84. The molecule has 0 nitrogen and oxygen atoms in total. The molecule has 80 valence electrons. The Balaban J connectivity index is 2.11. The van der Waals surface area contributed by atoms with E-state index in [1.165, 1.54) is 11.6 Å². The topological polar surface area (TPSA) is 0 Å². The van der Waals surface area contributed by atoms with Gasteiger partial charge in [0.2, 0.25) is 0 Å². The summed E-state index contributed by atoms with van der Waals surface area (Å²) in [5.41, 5.74) is 2.24. The van der Waals surface area contributed by atoms with Gasteiger partial charge in [0.1, 0.15) is 5.82 Å². The summed E-state index contributed by atoms with van der Waals surface area (Å²) in [6, 6.07) is 4.94. The molecule has 0 heterocycles. The normalized spacial score (nSPS) is 20.5. The van der Waals surface area contributed by atoms with Crippen molar-refractivity contribution in [1.29, 1.82) is 0 Å². The first-order valence-corrected chi connectivity index (χ1v) is 5.74. The van der Waals surface area contributed by atoms with Crippen LogP contribution in [0.3, 0.4) is 0 Å². The molecular formula is C12H11Cl2F. The number of hydrogen-bond donors (Lipinski definition) is 0. The molecule has 0 N–H and O–H groups in total. The number of benzene rings is 1. The molecule has 0 saturated heterocycles. The average molecular weight is 245 g/mol. The van der Waals surface area contributed by atoms with Gasteiger partial charge in [0.25, 0.3) is 0 Å². The van der Waals surface area contributed by atoms with Crippen LogP contribution in [0.4, 0.5) is 4.39 Å². The van der Waals surface area contributed by atoms with Crippen molar-refractivity contribution < 1.29 is 4.39 Å². The van der Waals surface area contributed by atoms with Crippen LogP contribution in [-0.2, 0) is 6.42 Å². The fraction of sp³-hybridized carbons (Fsp3) is 0.333. The molecule has 0 saturated carbocycles. The maximum atomic E-state index is 13.2. The minimum atomic E-state index is -0.352. The molecule has 2 rings (SSSR count). The van der Waals surface area contributed by atoms with Gasteiger partial charge < -0.3 is 0 Å². The van der Waals surface area contributed by atoms with Crippen LogP contribution in [0.2, 0.25) is 5.02 Å². The summed E-state index contributed by atoms with van der Waals surface area (Å²) in [7, 11) is 0. The Morgan fingerprint density at radius 2 is 2.20 bits per heavy atom. The van der Waals surface area contributed by atoms with Gasteiger partial charge in [-0.3, -0.25) is 0 Å². The fourth-order valence-electron chi connectivity index (χ4n) is 1.80. The maximum Gasteiger partial charge on any atom is 0.142 e. The first-order valence-electron chi connectivity index (χ1n) is 4.93. The SMILES string of the molecule is Fc1cc(CC2=CC(Cl)CC2)ccc1Cl. The Morgan fingerprint density at radius 1 is 1.40 bits per heavy atom. The lowest BCUT2D eigenvalue weighted by Crippen LogP contribution is -1.89. The highest BCUT2D eigenvalue weighted by atomic mass is 35.5. The van der Waals surface area contributed by atoms with Gasteiger partial charge >= 0.3 is 0 Å².